The highest BCUT2D eigenvalue weighted by atomic mass is 19.4. The van der Waals surface area contributed by atoms with Crippen molar-refractivity contribution in [3.63, 3.8) is 0 Å². The smallest absolute Gasteiger partial charge is 0.329 e. The number of nitrogens with zero attached hydrogens (tertiary/aromatic N) is 2. The largest absolute Gasteiger partial charge is 0.471 e. The molecule has 1 aliphatic rings. The van der Waals surface area contributed by atoms with E-state index in [1.54, 1.807) is 12.1 Å². The fourth-order valence-electron chi connectivity index (χ4n) is 2.62. The molecule has 4 nitrogen and oxygen atoms in total. The first-order valence-electron chi connectivity index (χ1n) is 6.20. The zero-order valence-corrected chi connectivity index (χ0v) is 10.4. The number of hydrogen-bond donors (Lipinski definition) is 1. The molecule has 0 bridgehead atoms. The molecule has 1 aliphatic carbocycles. The quantitative estimate of drug-likeness (QED) is 0.873. The predicted molar refractivity (Wildman–Crippen MR) is 63.6 cm³/mol. The predicted octanol–water partition coefficient (Wildman–Crippen LogP) is 2.63. The molecule has 3 rings (SSSR count). The maximum atomic E-state index is 12.6. The Bertz CT molecular complexity index is 638. The maximum Gasteiger partial charge on any atom is 0.471 e. The molecule has 0 aliphatic heterocycles. The van der Waals surface area contributed by atoms with Crippen molar-refractivity contribution < 1.29 is 17.7 Å². The molecule has 1 atom stereocenters. The molecule has 106 valence electrons. The van der Waals surface area contributed by atoms with Crippen LogP contribution in [0, 0.1) is 0 Å². The summed E-state index contributed by atoms with van der Waals surface area (Å²) in [6.45, 7) is 0. The van der Waals surface area contributed by atoms with Gasteiger partial charge < -0.3 is 10.3 Å². The van der Waals surface area contributed by atoms with E-state index in [1.165, 1.54) is 0 Å². The number of rotatable bonds is 1. The monoisotopic (exact) mass is 283 g/mol. The van der Waals surface area contributed by atoms with Crippen molar-refractivity contribution in [2.75, 3.05) is 0 Å². The fraction of sp³-hybridized carbons (Fsp3) is 0.385. The summed E-state index contributed by atoms with van der Waals surface area (Å²) < 4.78 is 42.0. The van der Waals surface area contributed by atoms with Crippen molar-refractivity contribution in [1.82, 2.24) is 10.1 Å². The van der Waals surface area contributed by atoms with Crippen LogP contribution in [0.4, 0.5) is 13.2 Å². The number of alkyl halides is 3. The third-order valence-corrected chi connectivity index (χ3v) is 3.58. The van der Waals surface area contributed by atoms with E-state index in [9.17, 15) is 13.2 Å². The number of aromatic nitrogens is 2. The van der Waals surface area contributed by atoms with Crippen LogP contribution in [0.15, 0.2) is 28.8 Å². The van der Waals surface area contributed by atoms with Gasteiger partial charge in [0, 0.05) is 0 Å². The normalized spacial score (nSPS) is 22.6. The van der Waals surface area contributed by atoms with E-state index in [2.05, 4.69) is 14.7 Å². The van der Waals surface area contributed by atoms with Crippen molar-refractivity contribution in [1.29, 1.82) is 0 Å². The zero-order valence-electron chi connectivity index (χ0n) is 10.4. The Morgan fingerprint density at radius 3 is 2.70 bits per heavy atom. The van der Waals surface area contributed by atoms with Crippen LogP contribution in [0.3, 0.4) is 0 Å². The summed E-state index contributed by atoms with van der Waals surface area (Å²) in [5, 5.41) is 3.45. The molecule has 1 aromatic carbocycles. The molecule has 7 heteroatoms. The van der Waals surface area contributed by atoms with E-state index in [0.29, 0.717) is 6.42 Å². The Hall–Kier alpha value is -1.89. The highest BCUT2D eigenvalue weighted by Gasteiger charge is 2.43. The minimum absolute atomic E-state index is 0.114. The van der Waals surface area contributed by atoms with Crippen molar-refractivity contribution >= 4 is 0 Å². The summed E-state index contributed by atoms with van der Waals surface area (Å²) in [6.07, 6.45) is -2.56. The first kappa shape index (κ1) is 13.1. The van der Waals surface area contributed by atoms with Crippen molar-refractivity contribution in [2.24, 2.45) is 5.73 Å². The van der Waals surface area contributed by atoms with Gasteiger partial charge in [0.1, 0.15) is 5.54 Å². The second-order valence-corrected chi connectivity index (χ2v) is 4.90. The van der Waals surface area contributed by atoms with Crippen molar-refractivity contribution in [3.8, 4) is 0 Å². The Labute approximate surface area is 112 Å². The molecule has 1 heterocycles. The highest BCUT2D eigenvalue weighted by Crippen LogP contribution is 2.38. The number of halogens is 3. The summed E-state index contributed by atoms with van der Waals surface area (Å²) in [4.78, 5) is 3.45. The lowest BCUT2D eigenvalue weighted by molar-refractivity contribution is -0.159. The van der Waals surface area contributed by atoms with Crippen molar-refractivity contribution in [2.45, 2.75) is 31.0 Å². The number of hydrogen-bond acceptors (Lipinski definition) is 4. The lowest BCUT2D eigenvalue weighted by Gasteiger charge is -2.32. The lowest BCUT2D eigenvalue weighted by Crippen LogP contribution is -2.42. The van der Waals surface area contributed by atoms with Crippen LogP contribution in [0.2, 0.25) is 0 Å². The number of aryl methyl sites for hydroxylation is 1. The van der Waals surface area contributed by atoms with Gasteiger partial charge >= 0.3 is 12.1 Å². The molecular formula is C13H12F3N3O. The Morgan fingerprint density at radius 1 is 1.25 bits per heavy atom. The van der Waals surface area contributed by atoms with Crippen LogP contribution in [0.5, 0.6) is 0 Å². The summed E-state index contributed by atoms with van der Waals surface area (Å²) in [5.74, 6) is -1.47. The number of fused-ring (bicyclic) bond motifs is 1. The molecule has 2 aromatic rings. The Morgan fingerprint density at radius 2 is 2.00 bits per heavy atom. The average Bonchev–Trinajstić information content (AvgIpc) is 2.89. The molecule has 0 amide bonds. The van der Waals surface area contributed by atoms with Crippen LogP contribution < -0.4 is 5.73 Å². The van der Waals surface area contributed by atoms with Gasteiger partial charge in [0.15, 0.2) is 5.82 Å². The van der Waals surface area contributed by atoms with Crippen LogP contribution in [-0.2, 0) is 18.1 Å². The molecule has 1 unspecified atom stereocenters. The van der Waals surface area contributed by atoms with Gasteiger partial charge in [-0.2, -0.15) is 18.2 Å². The molecule has 0 radical (unpaired) electrons. The SMILES string of the molecule is NC1(c2noc(C(F)(F)F)n2)CCCc2ccccc21. The van der Waals surface area contributed by atoms with Gasteiger partial charge in [-0.3, -0.25) is 0 Å². The van der Waals surface area contributed by atoms with Crippen LogP contribution in [0.25, 0.3) is 0 Å². The van der Waals surface area contributed by atoms with Crippen LogP contribution >= 0.6 is 0 Å². The van der Waals surface area contributed by atoms with Crippen LogP contribution in [-0.4, -0.2) is 10.1 Å². The highest BCUT2D eigenvalue weighted by molar-refractivity contribution is 5.40. The zero-order chi connectivity index (χ0) is 14.4. The van der Waals surface area contributed by atoms with Crippen LogP contribution in [0.1, 0.15) is 35.7 Å². The molecule has 1 aromatic heterocycles. The van der Waals surface area contributed by atoms with Gasteiger partial charge in [-0.25, -0.2) is 0 Å². The van der Waals surface area contributed by atoms with E-state index in [4.69, 9.17) is 5.73 Å². The van der Waals surface area contributed by atoms with E-state index < -0.39 is 17.6 Å². The molecule has 0 spiro atoms. The van der Waals surface area contributed by atoms with Gasteiger partial charge in [-0.05, 0) is 30.4 Å². The Kier molecular flexibility index (Phi) is 2.82. The second-order valence-electron chi connectivity index (χ2n) is 4.90. The van der Waals surface area contributed by atoms with E-state index in [1.807, 2.05) is 12.1 Å². The van der Waals surface area contributed by atoms with E-state index in [0.717, 1.165) is 24.0 Å². The van der Waals surface area contributed by atoms with Crippen molar-refractivity contribution in [3.05, 3.63) is 47.1 Å². The number of nitrogens with two attached hydrogens (primary N) is 1. The Balaban J connectivity index is 2.08. The second kappa shape index (κ2) is 4.31. The van der Waals surface area contributed by atoms with Gasteiger partial charge in [0.25, 0.3) is 0 Å². The lowest BCUT2D eigenvalue weighted by atomic mass is 9.77. The summed E-state index contributed by atoms with van der Waals surface area (Å²) in [6, 6.07) is 7.40. The van der Waals surface area contributed by atoms with Gasteiger partial charge in [-0.1, -0.05) is 29.4 Å². The maximum absolute atomic E-state index is 12.6. The fourth-order valence-corrected chi connectivity index (χ4v) is 2.62. The van der Waals surface area contributed by atoms with E-state index >= 15 is 0 Å². The third-order valence-electron chi connectivity index (χ3n) is 3.58. The molecule has 0 saturated carbocycles. The molecule has 0 saturated heterocycles. The van der Waals surface area contributed by atoms with E-state index in [-0.39, 0.29) is 5.82 Å². The van der Waals surface area contributed by atoms with Gasteiger partial charge in [0.2, 0.25) is 0 Å². The summed E-state index contributed by atoms with van der Waals surface area (Å²) in [5.41, 5.74) is 6.95. The molecular weight excluding hydrogens is 271 g/mol. The standard InChI is InChI=1S/C13H12F3N3O/c14-13(15,16)11-18-10(19-20-11)12(17)7-3-5-8-4-1-2-6-9(8)12/h1-2,4,6H,3,5,7,17H2. The minimum atomic E-state index is -4.66. The topological polar surface area (TPSA) is 64.9 Å². The molecule has 2 N–H and O–H groups in total. The average molecular weight is 283 g/mol. The minimum Gasteiger partial charge on any atom is -0.329 e. The van der Waals surface area contributed by atoms with Gasteiger partial charge in [-0.15, -0.1) is 0 Å². The third kappa shape index (κ3) is 1.98. The first-order chi connectivity index (χ1) is 9.41. The first-order valence-corrected chi connectivity index (χ1v) is 6.20. The molecule has 20 heavy (non-hydrogen) atoms. The molecule has 0 fully saturated rings. The summed E-state index contributed by atoms with van der Waals surface area (Å²) in [7, 11) is 0. The van der Waals surface area contributed by atoms with Gasteiger partial charge in [0.05, 0.1) is 0 Å². The summed E-state index contributed by atoms with van der Waals surface area (Å²) >= 11 is 0. The number of benzene rings is 1.